The second kappa shape index (κ2) is 11.8. The highest BCUT2D eigenvalue weighted by atomic mass is 35.5. The molecule has 5 rings (SSSR count). The summed E-state index contributed by atoms with van der Waals surface area (Å²) in [5.41, 5.74) is 1.87. The van der Waals surface area contributed by atoms with Crippen molar-refractivity contribution < 1.29 is 14.6 Å². The number of likely N-dealkylation sites (tertiary alicyclic amines) is 1. The maximum absolute atomic E-state index is 13.3. The zero-order valence-corrected chi connectivity index (χ0v) is 21.7. The number of carbonyl (C=O) groups excluding carboxylic acids is 1. The number of nitrogens with one attached hydrogen (secondary N) is 2. The van der Waals surface area contributed by atoms with Crippen LogP contribution in [-0.4, -0.2) is 51.5 Å². The van der Waals surface area contributed by atoms with Gasteiger partial charge in [-0.1, -0.05) is 70.0 Å². The van der Waals surface area contributed by atoms with E-state index in [9.17, 15) is 14.7 Å². The number of aliphatic hydroxyl groups excluding tert-OH is 1. The summed E-state index contributed by atoms with van der Waals surface area (Å²) in [4.78, 5) is 28.8. The molecule has 0 bridgehead atoms. The molecule has 38 heavy (non-hydrogen) atoms. The number of hydrogen-bond acceptors (Lipinski definition) is 4. The van der Waals surface area contributed by atoms with E-state index in [0.717, 1.165) is 31.0 Å². The molecular weight excluding hydrogens is 502 g/mol. The van der Waals surface area contributed by atoms with Gasteiger partial charge in [0.15, 0.2) is 5.69 Å². The van der Waals surface area contributed by atoms with Crippen molar-refractivity contribution in [3.05, 3.63) is 112 Å². The third-order valence-corrected chi connectivity index (χ3v) is 7.16. The number of aliphatic hydroxyl groups is 1. The number of nitrogens with zero attached hydrogens (tertiary/aromatic N) is 3. The van der Waals surface area contributed by atoms with E-state index >= 15 is 0 Å². The maximum atomic E-state index is 13.3. The Morgan fingerprint density at radius 2 is 1.71 bits per heavy atom. The Kier molecular flexibility index (Phi) is 8.03. The average Bonchev–Trinajstić information content (AvgIpc) is 3.25. The van der Waals surface area contributed by atoms with Crippen LogP contribution in [0.5, 0.6) is 0 Å². The molecule has 1 amide bonds. The highest BCUT2D eigenvalue weighted by Crippen LogP contribution is 2.29. The smallest absolute Gasteiger partial charge is 0.388 e. The van der Waals surface area contributed by atoms with Gasteiger partial charge in [-0.3, -0.25) is 4.79 Å². The third kappa shape index (κ3) is 6.05. The number of H-pyrrole nitrogens is 1. The van der Waals surface area contributed by atoms with Crippen LogP contribution in [0.25, 0.3) is 5.69 Å². The number of aromatic amines is 1. The molecule has 0 saturated carbocycles. The number of amides is 1. The fraction of sp³-hybridized carbons (Fsp3) is 0.276. The fourth-order valence-electron chi connectivity index (χ4n) is 5.03. The van der Waals surface area contributed by atoms with E-state index in [1.165, 1.54) is 14.9 Å². The van der Waals surface area contributed by atoms with Gasteiger partial charge < -0.3 is 15.3 Å². The van der Waals surface area contributed by atoms with Crippen LogP contribution in [0.2, 0.25) is 5.02 Å². The Morgan fingerprint density at radius 3 is 2.39 bits per heavy atom. The molecular formula is C29H31ClN5O3+. The molecule has 1 saturated heterocycles. The van der Waals surface area contributed by atoms with Gasteiger partial charge in [0.25, 0.3) is 0 Å². The number of para-hydroxylation sites is 2. The Labute approximate surface area is 226 Å². The fourth-order valence-corrected chi connectivity index (χ4v) is 5.23. The highest BCUT2D eigenvalue weighted by molar-refractivity contribution is 6.30. The molecule has 1 aliphatic rings. The molecule has 2 heterocycles. The van der Waals surface area contributed by atoms with Gasteiger partial charge in [0.2, 0.25) is 0 Å². The van der Waals surface area contributed by atoms with Gasteiger partial charge in [-0.25, -0.2) is 4.79 Å². The summed E-state index contributed by atoms with van der Waals surface area (Å²) in [5, 5.41) is 17.5. The first-order chi connectivity index (χ1) is 18.5. The molecule has 1 aromatic heterocycles. The largest absolute Gasteiger partial charge is 0.411 e. The summed E-state index contributed by atoms with van der Waals surface area (Å²) in [6, 6.07) is 26.0. The molecule has 0 radical (unpaired) electrons. The first-order valence-corrected chi connectivity index (χ1v) is 13.2. The van der Waals surface area contributed by atoms with Crippen molar-refractivity contribution in [3.63, 3.8) is 0 Å². The van der Waals surface area contributed by atoms with Crippen LogP contribution in [0.1, 0.15) is 34.8 Å². The first kappa shape index (κ1) is 25.9. The molecule has 3 aromatic carbocycles. The lowest BCUT2D eigenvalue weighted by Crippen LogP contribution is -2.51. The van der Waals surface area contributed by atoms with Crippen LogP contribution in [0.15, 0.2) is 89.7 Å². The molecule has 1 fully saturated rings. The normalized spacial score (nSPS) is 15.3. The third-order valence-electron chi connectivity index (χ3n) is 6.93. The van der Waals surface area contributed by atoms with Crippen LogP contribution in [-0.2, 0) is 6.54 Å². The minimum Gasteiger partial charge on any atom is -0.388 e. The van der Waals surface area contributed by atoms with Crippen LogP contribution >= 0.6 is 11.6 Å². The maximum Gasteiger partial charge on any atom is 0.411 e. The average molecular weight is 533 g/mol. The molecule has 1 atom stereocenters. The SMILES string of the molecule is O=C(Nc1ccccc1)c1c(=O)n(-c2ccccc2)[nH][n+]1CC(O)CN1CCC(c2cccc(Cl)c2)CC1. The summed E-state index contributed by atoms with van der Waals surface area (Å²) in [6.45, 7) is 2.21. The minimum absolute atomic E-state index is 0.0703. The van der Waals surface area contributed by atoms with Gasteiger partial charge in [-0.05, 0) is 73.8 Å². The standard InChI is InChI=1S/C29H30ClN5O3/c30-23-9-7-8-22(18-23)21-14-16-33(17-15-21)19-26(36)20-34-27(28(37)31-24-10-3-1-4-11-24)29(38)35(32-34)25-12-5-2-6-13-25/h1-13,18,21,26,36H,14-17,19-20H2,(H-,31,32,37,38)/p+1. The van der Waals surface area contributed by atoms with Crippen molar-refractivity contribution in [3.8, 4) is 5.69 Å². The molecule has 1 unspecified atom stereocenters. The number of anilines is 1. The number of aromatic nitrogens is 3. The van der Waals surface area contributed by atoms with Crippen LogP contribution in [0.4, 0.5) is 5.69 Å². The van der Waals surface area contributed by atoms with E-state index in [-0.39, 0.29) is 12.2 Å². The van der Waals surface area contributed by atoms with E-state index in [0.29, 0.717) is 23.8 Å². The molecule has 9 heteroatoms. The van der Waals surface area contributed by atoms with Crippen molar-refractivity contribution in [1.82, 2.24) is 14.8 Å². The Balaban J connectivity index is 1.30. The number of β-amino-alcohol motifs (C(OH)–C–C–N with tert-alkyl or cyclic N) is 1. The van der Waals surface area contributed by atoms with Gasteiger partial charge in [-0.15, -0.1) is 4.68 Å². The lowest BCUT2D eigenvalue weighted by atomic mass is 9.89. The summed E-state index contributed by atoms with van der Waals surface area (Å²) in [6.07, 6.45) is 1.17. The summed E-state index contributed by atoms with van der Waals surface area (Å²) < 4.78 is 2.76. The van der Waals surface area contributed by atoms with Crippen LogP contribution in [0, 0.1) is 0 Å². The number of carbonyl (C=O) groups is 1. The zero-order valence-electron chi connectivity index (χ0n) is 21.0. The number of hydrogen-bond donors (Lipinski definition) is 3. The second-order valence-electron chi connectivity index (χ2n) is 9.64. The quantitative estimate of drug-likeness (QED) is 0.302. The first-order valence-electron chi connectivity index (χ1n) is 12.8. The number of halogens is 1. The number of piperidine rings is 1. The minimum atomic E-state index is -0.784. The second-order valence-corrected chi connectivity index (χ2v) is 10.1. The summed E-state index contributed by atoms with van der Waals surface area (Å²) in [7, 11) is 0. The van der Waals surface area contributed by atoms with Gasteiger partial charge in [0, 0.05) is 17.3 Å². The lowest BCUT2D eigenvalue weighted by molar-refractivity contribution is -0.761. The van der Waals surface area contributed by atoms with Gasteiger partial charge in [0.05, 0.1) is 0 Å². The lowest BCUT2D eigenvalue weighted by Gasteiger charge is -2.33. The van der Waals surface area contributed by atoms with Crippen molar-refractivity contribution in [2.24, 2.45) is 0 Å². The van der Waals surface area contributed by atoms with Gasteiger partial charge in [-0.2, -0.15) is 0 Å². The van der Waals surface area contributed by atoms with E-state index in [1.807, 2.05) is 54.6 Å². The van der Waals surface area contributed by atoms with Crippen LogP contribution < -0.4 is 15.6 Å². The topological polar surface area (TPSA) is 94.2 Å². The Hall–Kier alpha value is -3.72. The number of rotatable bonds is 8. The van der Waals surface area contributed by atoms with Crippen LogP contribution in [0.3, 0.4) is 0 Å². The van der Waals surface area contributed by atoms with E-state index < -0.39 is 17.6 Å². The van der Waals surface area contributed by atoms with Crippen molar-refractivity contribution in [2.45, 2.75) is 31.4 Å². The summed E-state index contributed by atoms with van der Waals surface area (Å²) in [5.74, 6) is -0.0947. The van der Waals surface area contributed by atoms with Crippen molar-refractivity contribution in [1.29, 1.82) is 0 Å². The number of benzene rings is 3. The molecule has 1 aliphatic heterocycles. The van der Waals surface area contributed by atoms with E-state index in [4.69, 9.17) is 11.6 Å². The van der Waals surface area contributed by atoms with Gasteiger partial charge in [0.1, 0.15) is 12.6 Å². The summed E-state index contributed by atoms with van der Waals surface area (Å²) >= 11 is 6.17. The van der Waals surface area contributed by atoms with Crippen molar-refractivity contribution >= 4 is 23.2 Å². The zero-order chi connectivity index (χ0) is 26.5. The molecule has 0 spiro atoms. The predicted octanol–water partition coefficient (Wildman–Crippen LogP) is 3.60. The highest BCUT2D eigenvalue weighted by Gasteiger charge is 2.31. The van der Waals surface area contributed by atoms with E-state index in [2.05, 4.69) is 21.5 Å². The molecule has 0 aliphatic carbocycles. The molecule has 4 aromatic rings. The van der Waals surface area contributed by atoms with E-state index in [1.54, 1.807) is 24.3 Å². The predicted molar refractivity (Wildman–Crippen MR) is 147 cm³/mol. The van der Waals surface area contributed by atoms with Gasteiger partial charge >= 0.3 is 17.2 Å². The molecule has 8 nitrogen and oxygen atoms in total. The molecule has 3 N–H and O–H groups in total. The monoisotopic (exact) mass is 532 g/mol. The molecule has 196 valence electrons. The Morgan fingerprint density at radius 1 is 1.03 bits per heavy atom. The Bertz CT molecular complexity index is 1430. The van der Waals surface area contributed by atoms with Crippen molar-refractivity contribution in [2.75, 3.05) is 25.0 Å².